The molecule has 4 nitrogen and oxygen atoms in total. The Balaban J connectivity index is 2.76. The van der Waals surface area contributed by atoms with Crippen LogP contribution in [0, 0.1) is 0 Å². The molecule has 0 aliphatic carbocycles. The number of hydrogen-bond donors (Lipinski definition) is 2. The zero-order valence-electron chi connectivity index (χ0n) is 8.70. The SMILES string of the molecule is COc1ccc(NC(C)OC)cc1N. The number of rotatable bonds is 4. The van der Waals surface area contributed by atoms with E-state index in [1.165, 1.54) is 0 Å². The monoisotopic (exact) mass is 196 g/mol. The van der Waals surface area contributed by atoms with E-state index in [-0.39, 0.29) is 6.23 Å². The predicted molar refractivity (Wildman–Crippen MR) is 57.5 cm³/mol. The highest BCUT2D eigenvalue weighted by molar-refractivity contribution is 5.62. The van der Waals surface area contributed by atoms with Crippen molar-refractivity contribution in [2.75, 3.05) is 25.3 Å². The highest BCUT2D eigenvalue weighted by Crippen LogP contribution is 2.24. The average molecular weight is 196 g/mol. The third kappa shape index (κ3) is 2.53. The van der Waals surface area contributed by atoms with Gasteiger partial charge in [0.2, 0.25) is 0 Å². The van der Waals surface area contributed by atoms with Crippen molar-refractivity contribution in [3.05, 3.63) is 18.2 Å². The fourth-order valence-electron chi connectivity index (χ4n) is 1.12. The van der Waals surface area contributed by atoms with Gasteiger partial charge in [-0.3, -0.25) is 0 Å². The van der Waals surface area contributed by atoms with Crippen molar-refractivity contribution in [2.45, 2.75) is 13.2 Å². The Kier molecular flexibility index (Phi) is 3.59. The van der Waals surface area contributed by atoms with Crippen molar-refractivity contribution in [3.8, 4) is 5.75 Å². The zero-order chi connectivity index (χ0) is 10.6. The van der Waals surface area contributed by atoms with E-state index in [0.717, 1.165) is 5.69 Å². The number of nitrogen functional groups attached to an aromatic ring is 1. The number of nitrogens with two attached hydrogens (primary N) is 1. The fraction of sp³-hybridized carbons (Fsp3) is 0.400. The van der Waals surface area contributed by atoms with Crippen LogP contribution in [0.5, 0.6) is 5.75 Å². The standard InChI is InChI=1S/C10H16N2O2/c1-7(13-2)12-8-4-5-10(14-3)9(11)6-8/h4-7,12H,11H2,1-3H3. The molecule has 0 aromatic heterocycles. The predicted octanol–water partition coefficient (Wildman–Crippen LogP) is 1.68. The maximum Gasteiger partial charge on any atom is 0.141 e. The third-order valence-corrected chi connectivity index (χ3v) is 1.95. The number of nitrogens with one attached hydrogen (secondary N) is 1. The van der Waals surface area contributed by atoms with Gasteiger partial charge in [0.1, 0.15) is 12.0 Å². The van der Waals surface area contributed by atoms with Gasteiger partial charge < -0.3 is 20.5 Å². The maximum atomic E-state index is 5.74. The first kappa shape index (κ1) is 10.7. The topological polar surface area (TPSA) is 56.5 Å². The Bertz CT molecular complexity index is 302. The number of hydrogen-bond acceptors (Lipinski definition) is 4. The van der Waals surface area contributed by atoms with Gasteiger partial charge in [-0.05, 0) is 25.1 Å². The van der Waals surface area contributed by atoms with Crippen LogP contribution in [0.2, 0.25) is 0 Å². The summed E-state index contributed by atoms with van der Waals surface area (Å²) in [5.74, 6) is 0.681. The number of ether oxygens (including phenoxy) is 2. The lowest BCUT2D eigenvalue weighted by Crippen LogP contribution is -2.16. The quantitative estimate of drug-likeness (QED) is 0.568. The first-order valence-corrected chi connectivity index (χ1v) is 4.40. The second-order valence-corrected chi connectivity index (χ2v) is 2.98. The summed E-state index contributed by atoms with van der Waals surface area (Å²) in [6, 6.07) is 5.53. The lowest BCUT2D eigenvalue weighted by Gasteiger charge is -2.14. The maximum absolute atomic E-state index is 5.74. The van der Waals surface area contributed by atoms with Gasteiger partial charge in [0, 0.05) is 12.8 Å². The van der Waals surface area contributed by atoms with Gasteiger partial charge >= 0.3 is 0 Å². The van der Waals surface area contributed by atoms with Crippen molar-refractivity contribution in [1.82, 2.24) is 0 Å². The lowest BCUT2D eigenvalue weighted by molar-refractivity contribution is 0.141. The largest absolute Gasteiger partial charge is 0.495 e. The van der Waals surface area contributed by atoms with E-state index in [0.29, 0.717) is 11.4 Å². The van der Waals surface area contributed by atoms with Crippen molar-refractivity contribution >= 4 is 11.4 Å². The van der Waals surface area contributed by atoms with Crippen LogP contribution >= 0.6 is 0 Å². The van der Waals surface area contributed by atoms with E-state index in [1.807, 2.05) is 25.1 Å². The summed E-state index contributed by atoms with van der Waals surface area (Å²) >= 11 is 0. The molecule has 4 heteroatoms. The molecule has 0 aliphatic rings. The molecule has 0 spiro atoms. The summed E-state index contributed by atoms with van der Waals surface area (Å²) < 4.78 is 10.1. The summed E-state index contributed by atoms with van der Waals surface area (Å²) in [6.45, 7) is 1.92. The van der Waals surface area contributed by atoms with Crippen LogP contribution in [0.15, 0.2) is 18.2 Å². The molecule has 0 fully saturated rings. The molecule has 0 saturated heterocycles. The number of methoxy groups -OCH3 is 2. The van der Waals surface area contributed by atoms with E-state index < -0.39 is 0 Å². The van der Waals surface area contributed by atoms with E-state index in [2.05, 4.69) is 5.32 Å². The van der Waals surface area contributed by atoms with Gasteiger partial charge in [0.05, 0.1) is 12.8 Å². The van der Waals surface area contributed by atoms with Gasteiger partial charge in [-0.2, -0.15) is 0 Å². The summed E-state index contributed by atoms with van der Waals surface area (Å²) in [4.78, 5) is 0. The second-order valence-electron chi connectivity index (χ2n) is 2.98. The van der Waals surface area contributed by atoms with Gasteiger partial charge in [-0.25, -0.2) is 0 Å². The van der Waals surface area contributed by atoms with Gasteiger partial charge in [0.15, 0.2) is 0 Å². The van der Waals surface area contributed by atoms with E-state index in [4.69, 9.17) is 15.2 Å². The summed E-state index contributed by atoms with van der Waals surface area (Å²) in [7, 11) is 3.24. The molecule has 0 amide bonds. The Morgan fingerprint density at radius 3 is 2.57 bits per heavy atom. The molecule has 0 saturated carbocycles. The third-order valence-electron chi connectivity index (χ3n) is 1.95. The van der Waals surface area contributed by atoms with Crippen molar-refractivity contribution in [2.24, 2.45) is 0 Å². The van der Waals surface area contributed by atoms with Crippen molar-refractivity contribution in [1.29, 1.82) is 0 Å². The molecule has 1 aromatic carbocycles. The Labute approximate surface area is 84.0 Å². The van der Waals surface area contributed by atoms with Crippen LogP contribution in [0.3, 0.4) is 0 Å². The molecule has 0 radical (unpaired) electrons. The Hall–Kier alpha value is -1.42. The molecule has 0 aliphatic heterocycles. The molecule has 0 heterocycles. The second kappa shape index (κ2) is 4.72. The molecular weight excluding hydrogens is 180 g/mol. The zero-order valence-corrected chi connectivity index (χ0v) is 8.70. The van der Waals surface area contributed by atoms with Crippen LogP contribution in [-0.2, 0) is 4.74 Å². The molecule has 1 rings (SSSR count). The Morgan fingerprint density at radius 2 is 2.07 bits per heavy atom. The van der Waals surface area contributed by atoms with Crippen LogP contribution in [-0.4, -0.2) is 20.4 Å². The molecule has 3 N–H and O–H groups in total. The first-order valence-electron chi connectivity index (χ1n) is 4.40. The van der Waals surface area contributed by atoms with Crippen molar-refractivity contribution < 1.29 is 9.47 Å². The summed E-state index contributed by atoms with van der Waals surface area (Å²) in [6.07, 6.45) is -0.0391. The minimum Gasteiger partial charge on any atom is -0.495 e. The lowest BCUT2D eigenvalue weighted by atomic mass is 10.2. The van der Waals surface area contributed by atoms with E-state index in [1.54, 1.807) is 14.2 Å². The van der Waals surface area contributed by atoms with Crippen molar-refractivity contribution in [3.63, 3.8) is 0 Å². The van der Waals surface area contributed by atoms with Crippen LogP contribution in [0.4, 0.5) is 11.4 Å². The molecule has 1 aromatic rings. The van der Waals surface area contributed by atoms with Gasteiger partial charge in [-0.15, -0.1) is 0 Å². The normalized spacial score (nSPS) is 12.2. The molecule has 78 valence electrons. The molecule has 1 unspecified atom stereocenters. The Morgan fingerprint density at radius 1 is 1.36 bits per heavy atom. The van der Waals surface area contributed by atoms with Gasteiger partial charge in [0.25, 0.3) is 0 Å². The smallest absolute Gasteiger partial charge is 0.141 e. The van der Waals surface area contributed by atoms with E-state index in [9.17, 15) is 0 Å². The molecular formula is C10H16N2O2. The van der Waals surface area contributed by atoms with Crippen LogP contribution in [0.1, 0.15) is 6.92 Å². The molecule has 0 bridgehead atoms. The first-order chi connectivity index (χ1) is 6.67. The van der Waals surface area contributed by atoms with E-state index >= 15 is 0 Å². The summed E-state index contributed by atoms with van der Waals surface area (Å²) in [5.41, 5.74) is 7.27. The average Bonchev–Trinajstić information content (AvgIpc) is 2.18. The fourth-order valence-corrected chi connectivity index (χ4v) is 1.12. The molecule has 14 heavy (non-hydrogen) atoms. The molecule has 1 atom stereocenters. The number of anilines is 2. The summed E-state index contributed by atoms with van der Waals surface area (Å²) in [5, 5.41) is 3.13. The van der Waals surface area contributed by atoms with Gasteiger partial charge in [-0.1, -0.05) is 0 Å². The van der Waals surface area contributed by atoms with Crippen LogP contribution < -0.4 is 15.8 Å². The minimum atomic E-state index is -0.0391. The minimum absolute atomic E-state index is 0.0391. The van der Waals surface area contributed by atoms with Crippen LogP contribution in [0.25, 0.3) is 0 Å². The number of benzene rings is 1. The highest BCUT2D eigenvalue weighted by Gasteiger charge is 2.02. The highest BCUT2D eigenvalue weighted by atomic mass is 16.5.